The van der Waals surface area contributed by atoms with E-state index in [1.165, 1.54) is 22.3 Å². The molecule has 0 unspecified atom stereocenters. The zero-order valence-corrected chi connectivity index (χ0v) is 16.1. The molecule has 0 radical (unpaired) electrons. The topological polar surface area (TPSA) is 43.4 Å². The average Bonchev–Trinajstić information content (AvgIpc) is 2.86. The lowest BCUT2D eigenvalue weighted by Gasteiger charge is -2.14. The summed E-state index contributed by atoms with van der Waals surface area (Å²) >= 11 is 0. The zero-order chi connectivity index (χ0) is 18.9. The van der Waals surface area contributed by atoms with Gasteiger partial charge in [-0.3, -0.25) is 4.18 Å². The highest BCUT2D eigenvalue weighted by molar-refractivity contribution is 7.86. The van der Waals surface area contributed by atoms with Gasteiger partial charge < -0.3 is 0 Å². The van der Waals surface area contributed by atoms with Crippen molar-refractivity contribution in [2.75, 3.05) is 0 Å². The summed E-state index contributed by atoms with van der Waals surface area (Å²) in [5.41, 5.74) is 6.94. The van der Waals surface area contributed by atoms with Gasteiger partial charge in [-0.25, -0.2) is 0 Å². The Balaban J connectivity index is 1.64. The van der Waals surface area contributed by atoms with Crippen LogP contribution in [0.3, 0.4) is 0 Å². The zero-order valence-electron chi connectivity index (χ0n) is 15.3. The molecule has 4 rings (SSSR count). The first kappa shape index (κ1) is 18.0. The standard InChI is InChI=1S/C23H22O3S/c1-17-12-14-20(15-13-17)27(24,25)26-16-19-8-5-11-23-21-9-3-2-6-18(21)7-4-10-22(19)23/h2-3,5-6,8-9,11-15H,4,7,10,16H2,1H3. The molecule has 0 fully saturated rings. The van der Waals surface area contributed by atoms with Gasteiger partial charge in [0.25, 0.3) is 10.1 Å². The van der Waals surface area contributed by atoms with Gasteiger partial charge in [0.15, 0.2) is 0 Å². The predicted molar refractivity (Wildman–Crippen MR) is 107 cm³/mol. The van der Waals surface area contributed by atoms with Crippen LogP contribution in [0.1, 0.15) is 28.7 Å². The van der Waals surface area contributed by atoms with Crippen LogP contribution >= 0.6 is 0 Å². The van der Waals surface area contributed by atoms with Gasteiger partial charge >= 0.3 is 0 Å². The minimum atomic E-state index is -3.77. The van der Waals surface area contributed by atoms with E-state index >= 15 is 0 Å². The van der Waals surface area contributed by atoms with Gasteiger partial charge in [0.2, 0.25) is 0 Å². The van der Waals surface area contributed by atoms with Crippen LogP contribution in [-0.2, 0) is 33.7 Å². The molecule has 0 atom stereocenters. The van der Waals surface area contributed by atoms with Crippen LogP contribution in [0.15, 0.2) is 71.6 Å². The number of benzene rings is 3. The highest BCUT2D eigenvalue weighted by Crippen LogP contribution is 2.34. The highest BCUT2D eigenvalue weighted by atomic mass is 32.2. The molecular formula is C23H22O3S. The Morgan fingerprint density at radius 3 is 2.41 bits per heavy atom. The minimum absolute atomic E-state index is 0.0571. The van der Waals surface area contributed by atoms with Crippen LogP contribution < -0.4 is 0 Å². The van der Waals surface area contributed by atoms with E-state index in [0.29, 0.717) is 0 Å². The number of aryl methyl sites for hydroxylation is 2. The molecular weight excluding hydrogens is 356 g/mol. The average molecular weight is 378 g/mol. The molecule has 138 valence electrons. The fourth-order valence-electron chi connectivity index (χ4n) is 3.69. The van der Waals surface area contributed by atoms with Crippen LogP contribution in [0, 0.1) is 6.92 Å². The molecule has 27 heavy (non-hydrogen) atoms. The first-order valence-corrected chi connectivity index (χ1v) is 10.6. The van der Waals surface area contributed by atoms with Gasteiger partial charge in [-0.15, -0.1) is 0 Å². The molecule has 0 heterocycles. The molecule has 3 aromatic carbocycles. The van der Waals surface area contributed by atoms with E-state index in [0.717, 1.165) is 30.4 Å². The fraction of sp³-hybridized carbons (Fsp3) is 0.217. The van der Waals surface area contributed by atoms with Gasteiger partial charge in [-0.2, -0.15) is 8.42 Å². The third-order valence-electron chi connectivity index (χ3n) is 5.13. The first-order valence-electron chi connectivity index (χ1n) is 9.20. The van der Waals surface area contributed by atoms with Crippen molar-refractivity contribution in [3.63, 3.8) is 0 Å². The summed E-state index contributed by atoms with van der Waals surface area (Å²) in [5.74, 6) is 0. The van der Waals surface area contributed by atoms with Gasteiger partial charge in [0, 0.05) is 0 Å². The van der Waals surface area contributed by atoms with Gasteiger partial charge in [0.1, 0.15) is 0 Å². The minimum Gasteiger partial charge on any atom is -0.262 e. The van der Waals surface area contributed by atoms with Crippen molar-refractivity contribution in [2.24, 2.45) is 0 Å². The number of hydrogen-bond acceptors (Lipinski definition) is 3. The Hall–Kier alpha value is -2.43. The Morgan fingerprint density at radius 1 is 0.852 bits per heavy atom. The molecule has 3 aromatic rings. The Labute approximate surface area is 160 Å². The quantitative estimate of drug-likeness (QED) is 0.596. The van der Waals surface area contributed by atoms with Crippen molar-refractivity contribution in [1.29, 1.82) is 0 Å². The van der Waals surface area contributed by atoms with Gasteiger partial charge in [-0.05, 0) is 66.1 Å². The molecule has 0 N–H and O–H groups in total. The second-order valence-electron chi connectivity index (χ2n) is 6.98. The summed E-state index contributed by atoms with van der Waals surface area (Å²) in [5, 5.41) is 0. The summed E-state index contributed by atoms with van der Waals surface area (Å²) < 4.78 is 30.5. The molecule has 3 nitrogen and oxygen atoms in total. The van der Waals surface area contributed by atoms with E-state index in [1.54, 1.807) is 24.3 Å². The fourth-order valence-corrected chi connectivity index (χ4v) is 4.58. The molecule has 0 amide bonds. The van der Waals surface area contributed by atoms with Crippen molar-refractivity contribution in [3.05, 3.63) is 89.0 Å². The maximum Gasteiger partial charge on any atom is 0.297 e. The molecule has 0 saturated heterocycles. The van der Waals surface area contributed by atoms with Gasteiger partial charge in [0.05, 0.1) is 11.5 Å². The molecule has 0 aromatic heterocycles. The van der Waals surface area contributed by atoms with E-state index in [2.05, 4.69) is 30.3 Å². The normalized spacial score (nSPS) is 13.5. The highest BCUT2D eigenvalue weighted by Gasteiger charge is 2.19. The molecule has 0 saturated carbocycles. The van der Waals surface area contributed by atoms with Crippen LogP contribution in [-0.4, -0.2) is 8.42 Å². The molecule has 0 aliphatic heterocycles. The number of hydrogen-bond donors (Lipinski definition) is 0. The lowest BCUT2D eigenvalue weighted by atomic mass is 9.94. The van der Waals surface area contributed by atoms with E-state index < -0.39 is 10.1 Å². The third-order valence-corrected chi connectivity index (χ3v) is 6.41. The van der Waals surface area contributed by atoms with Crippen molar-refractivity contribution in [3.8, 4) is 11.1 Å². The molecule has 4 heteroatoms. The van der Waals surface area contributed by atoms with Crippen molar-refractivity contribution < 1.29 is 12.6 Å². The van der Waals surface area contributed by atoms with Crippen molar-refractivity contribution in [2.45, 2.75) is 37.7 Å². The Morgan fingerprint density at radius 2 is 1.59 bits per heavy atom. The van der Waals surface area contributed by atoms with Crippen molar-refractivity contribution >= 4 is 10.1 Å². The molecule has 0 bridgehead atoms. The Kier molecular flexibility index (Phi) is 4.85. The lowest BCUT2D eigenvalue weighted by Crippen LogP contribution is -2.08. The summed E-state index contributed by atoms with van der Waals surface area (Å²) in [7, 11) is -3.77. The van der Waals surface area contributed by atoms with E-state index in [4.69, 9.17) is 4.18 Å². The monoisotopic (exact) mass is 378 g/mol. The smallest absolute Gasteiger partial charge is 0.262 e. The van der Waals surface area contributed by atoms with E-state index in [9.17, 15) is 8.42 Å². The van der Waals surface area contributed by atoms with Crippen LogP contribution in [0.25, 0.3) is 11.1 Å². The molecule has 1 aliphatic rings. The second-order valence-corrected chi connectivity index (χ2v) is 8.60. The summed E-state index contributed by atoms with van der Waals surface area (Å²) in [4.78, 5) is 0.195. The maximum atomic E-state index is 12.5. The largest absolute Gasteiger partial charge is 0.297 e. The second kappa shape index (κ2) is 7.29. The van der Waals surface area contributed by atoms with Gasteiger partial charge in [-0.1, -0.05) is 60.2 Å². The number of rotatable bonds is 4. The van der Waals surface area contributed by atoms with Crippen LogP contribution in [0.4, 0.5) is 0 Å². The SMILES string of the molecule is Cc1ccc(S(=O)(=O)OCc2cccc3c2CCCc2ccccc2-3)cc1. The first-order chi connectivity index (χ1) is 13.0. The predicted octanol–water partition coefficient (Wildman–Crippen LogP) is 5.06. The van der Waals surface area contributed by atoms with Crippen LogP contribution in [0.2, 0.25) is 0 Å². The van der Waals surface area contributed by atoms with E-state index in [1.807, 2.05) is 19.1 Å². The summed E-state index contributed by atoms with van der Waals surface area (Å²) in [6.07, 6.45) is 3.01. The number of fused-ring (bicyclic) bond motifs is 3. The van der Waals surface area contributed by atoms with Crippen molar-refractivity contribution in [1.82, 2.24) is 0 Å². The van der Waals surface area contributed by atoms with Crippen LogP contribution in [0.5, 0.6) is 0 Å². The molecule has 0 spiro atoms. The maximum absolute atomic E-state index is 12.5. The van der Waals surface area contributed by atoms with E-state index in [-0.39, 0.29) is 11.5 Å². The molecule has 1 aliphatic carbocycles. The summed E-state index contributed by atoms with van der Waals surface area (Å²) in [6, 6.07) is 21.3. The lowest BCUT2D eigenvalue weighted by molar-refractivity contribution is 0.307. The summed E-state index contributed by atoms with van der Waals surface area (Å²) in [6.45, 7) is 1.98. The Bertz CT molecular complexity index is 1070. The third kappa shape index (κ3) is 3.68.